The van der Waals surface area contributed by atoms with Gasteiger partial charge in [-0.25, -0.2) is 0 Å². The lowest BCUT2D eigenvalue weighted by Crippen LogP contribution is -2.11. The summed E-state index contributed by atoms with van der Waals surface area (Å²) in [6.45, 7) is 4.31. The highest BCUT2D eigenvalue weighted by Crippen LogP contribution is 2.22. The Kier molecular flexibility index (Phi) is 8.36. The summed E-state index contributed by atoms with van der Waals surface area (Å²) >= 11 is 0. The van der Waals surface area contributed by atoms with Crippen LogP contribution in [0.5, 0.6) is 5.75 Å². The zero-order valence-corrected chi connectivity index (χ0v) is 13.3. The van der Waals surface area contributed by atoms with Crippen molar-refractivity contribution in [1.29, 1.82) is 0 Å². The summed E-state index contributed by atoms with van der Waals surface area (Å²) in [7, 11) is 1.69. The smallest absolute Gasteiger partial charge is 0.122 e. The Labute approximate surface area is 124 Å². The van der Waals surface area contributed by atoms with Gasteiger partial charge in [0.15, 0.2) is 0 Å². The van der Waals surface area contributed by atoms with Gasteiger partial charge >= 0.3 is 0 Å². The third-order valence-electron chi connectivity index (χ3n) is 3.78. The Bertz CT molecular complexity index is 374. The van der Waals surface area contributed by atoms with Crippen LogP contribution in [0.2, 0.25) is 0 Å². The molecule has 114 valence electrons. The molecule has 0 amide bonds. The van der Waals surface area contributed by atoms with E-state index in [4.69, 9.17) is 4.74 Å². The second kappa shape index (κ2) is 9.82. The Morgan fingerprint density at radius 1 is 1.10 bits per heavy atom. The molecule has 1 aromatic rings. The van der Waals surface area contributed by atoms with Crippen LogP contribution in [0.25, 0.3) is 0 Å². The number of ether oxygens (including phenoxy) is 1. The van der Waals surface area contributed by atoms with E-state index in [-0.39, 0.29) is 6.10 Å². The van der Waals surface area contributed by atoms with Gasteiger partial charge in [-0.1, -0.05) is 63.1 Å². The molecule has 1 unspecified atom stereocenters. The Hall–Kier alpha value is -1.02. The molecule has 0 aliphatic rings. The first-order valence-corrected chi connectivity index (χ1v) is 7.99. The molecule has 1 atom stereocenters. The highest BCUT2D eigenvalue weighted by Gasteiger charge is 2.10. The van der Waals surface area contributed by atoms with Crippen molar-refractivity contribution in [3.63, 3.8) is 0 Å². The van der Waals surface area contributed by atoms with Crippen LogP contribution in [0.4, 0.5) is 0 Å². The van der Waals surface area contributed by atoms with Gasteiger partial charge in [0, 0.05) is 6.42 Å². The summed E-state index contributed by atoms with van der Waals surface area (Å²) in [5.74, 6) is 0.887. The first kappa shape index (κ1) is 17.0. The minimum Gasteiger partial charge on any atom is -0.496 e. The molecule has 0 bridgehead atoms. The molecule has 1 aromatic carbocycles. The fourth-order valence-electron chi connectivity index (χ4n) is 2.58. The average Bonchev–Trinajstić information content (AvgIpc) is 2.43. The molecule has 1 N–H and O–H groups in total. The molecular formula is C18H30O2. The zero-order valence-electron chi connectivity index (χ0n) is 13.3. The van der Waals surface area contributed by atoms with E-state index in [1.165, 1.54) is 37.7 Å². The molecule has 0 radical (unpaired) electrons. The Balaban J connectivity index is 2.31. The number of benzene rings is 1. The molecule has 0 saturated carbocycles. The van der Waals surface area contributed by atoms with Gasteiger partial charge in [0.05, 0.1) is 13.2 Å². The molecule has 1 rings (SSSR count). The van der Waals surface area contributed by atoms with Crippen molar-refractivity contribution in [1.82, 2.24) is 0 Å². The van der Waals surface area contributed by atoms with Gasteiger partial charge in [-0.2, -0.15) is 0 Å². The maximum atomic E-state index is 10.2. The van der Waals surface area contributed by atoms with Crippen LogP contribution in [0.3, 0.4) is 0 Å². The lowest BCUT2D eigenvalue weighted by Gasteiger charge is -2.14. The number of aliphatic hydroxyl groups excluding tert-OH is 1. The maximum Gasteiger partial charge on any atom is 0.122 e. The predicted molar refractivity (Wildman–Crippen MR) is 85.4 cm³/mol. The van der Waals surface area contributed by atoms with Crippen LogP contribution in [0.15, 0.2) is 18.2 Å². The Morgan fingerprint density at radius 3 is 2.50 bits per heavy atom. The van der Waals surface area contributed by atoms with Gasteiger partial charge < -0.3 is 9.84 Å². The summed E-state index contributed by atoms with van der Waals surface area (Å²) < 4.78 is 5.36. The van der Waals surface area contributed by atoms with Crippen LogP contribution in [0.1, 0.15) is 63.0 Å². The Morgan fingerprint density at radius 2 is 1.80 bits per heavy atom. The second-order valence-electron chi connectivity index (χ2n) is 5.73. The molecule has 0 heterocycles. The molecule has 0 spiro atoms. The van der Waals surface area contributed by atoms with E-state index in [1.807, 2.05) is 12.1 Å². The average molecular weight is 278 g/mol. The number of hydrogen-bond donors (Lipinski definition) is 1. The van der Waals surface area contributed by atoms with Crippen LogP contribution in [-0.2, 0) is 6.42 Å². The number of hydrogen-bond acceptors (Lipinski definition) is 2. The van der Waals surface area contributed by atoms with E-state index in [1.54, 1.807) is 7.11 Å². The van der Waals surface area contributed by atoms with Crippen molar-refractivity contribution < 1.29 is 9.84 Å². The van der Waals surface area contributed by atoms with Crippen LogP contribution in [0, 0.1) is 6.92 Å². The van der Waals surface area contributed by atoms with Gasteiger partial charge in [-0.05, 0) is 25.0 Å². The summed E-state index contributed by atoms with van der Waals surface area (Å²) in [5, 5.41) is 10.2. The lowest BCUT2D eigenvalue weighted by atomic mass is 10.00. The van der Waals surface area contributed by atoms with Crippen molar-refractivity contribution in [2.75, 3.05) is 7.11 Å². The number of unbranched alkanes of at least 4 members (excludes halogenated alkanes) is 5. The third-order valence-corrected chi connectivity index (χ3v) is 3.78. The van der Waals surface area contributed by atoms with Gasteiger partial charge in [-0.15, -0.1) is 0 Å². The summed E-state index contributed by atoms with van der Waals surface area (Å²) in [6, 6.07) is 6.15. The highest BCUT2D eigenvalue weighted by molar-refractivity contribution is 5.37. The van der Waals surface area contributed by atoms with Gasteiger partial charge in [0.1, 0.15) is 5.75 Å². The second-order valence-corrected chi connectivity index (χ2v) is 5.73. The minimum atomic E-state index is -0.253. The topological polar surface area (TPSA) is 29.5 Å². The van der Waals surface area contributed by atoms with E-state index in [9.17, 15) is 5.11 Å². The van der Waals surface area contributed by atoms with E-state index < -0.39 is 0 Å². The van der Waals surface area contributed by atoms with Gasteiger partial charge in [0.25, 0.3) is 0 Å². The predicted octanol–water partition coefficient (Wildman–Crippen LogP) is 4.66. The van der Waals surface area contributed by atoms with Crippen molar-refractivity contribution in [2.45, 2.75) is 71.3 Å². The summed E-state index contributed by atoms with van der Waals surface area (Å²) in [4.78, 5) is 0. The highest BCUT2D eigenvalue weighted by atomic mass is 16.5. The number of aryl methyl sites for hydroxylation is 1. The zero-order chi connectivity index (χ0) is 14.8. The molecule has 0 aromatic heterocycles. The molecule has 0 aliphatic heterocycles. The molecule has 2 nitrogen and oxygen atoms in total. The number of rotatable bonds is 10. The third kappa shape index (κ3) is 6.42. The normalized spacial score (nSPS) is 12.4. The maximum absolute atomic E-state index is 10.2. The molecule has 0 aliphatic carbocycles. The quantitative estimate of drug-likeness (QED) is 0.631. The minimum absolute atomic E-state index is 0.253. The van der Waals surface area contributed by atoms with Gasteiger partial charge in [-0.3, -0.25) is 0 Å². The largest absolute Gasteiger partial charge is 0.496 e. The monoisotopic (exact) mass is 278 g/mol. The number of methoxy groups -OCH3 is 1. The van der Waals surface area contributed by atoms with Gasteiger partial charge in [0.2, 0.25) is 0 Å². The molecular weight excluding hydrogens is 248 g/mol. The standard InChI is InChI=1S/C18H30O2/c1-4-5-6-7-8-9-10-17(19)14-16-13-15(2)11-12-18(16)20-3/h11-13,17,19H,4-10,14H2,1-3H3. The first-order valence-electron chi connectivity index (χ1n) is 7.99. The van der Waals surface area contributed by atoms with Crippen LogP contribution >= 0.6 is 0 Å². The SMILES string of the molecule is CCCCCCCCC(O)Cc1cc(C)ccc1OC. The fraction of sp³-hybridized carbons (Fsp3) is 0.667. The molecule has 2 heteroatoms. The first-order chi connectivity index (χ1) is 9.67. The van der Waals surface area contributed by atoms with E-state index in [0.717, 1.165) is 24.2 Å². The molecule has 20 heavy (non-hydrogen) atoms. The van der Waals surface area contributed by atoms with Crippen molar-refractivity contribution >= 4 is 0 Å². The fourth-order valence-corrected chi connectivity index (χ4v) is 2.58. The lowest BCUT2D eigenvalue weighted by molar-refractivity contribution is 0.160. The number of aliphatic hydroxyl groups is 1. The van der Waals surface area contributed by atoms with Crippen molar-refractivity contribution in [3.05, 3.63) is 29.3 Å². The molecule has 0 saturated heterocycles. The van der Waals surface area contributed by atoms with E-state index in [0.29, 0.717) is 6.42 Å². The summed E-state index contributed by atoms with van der Waals surface area (Å²) in [6.07, 6.45) is 8.95. The van der Waals surface area contributed by atoms with Crippen molar-refractivity contribution in [3.8, 4) is 5.75 Å². The molecule has 0 fully saturated rings. The summed E-state index contributed by atoms with van der Waals surface area (Å²) in [5.41, 5.74) is 2.33. The van der Waals surface area contributed by atoms with Crippen molar-refractivity contribution in [2.24, 2.45) is 0 Å². The van der Waals surface area contributed by atoms with E-state index >= 15 is 0 Å². The van der Waals surface area contributed by atoms with Crippen LogP contribution in [-0.4, -0.2) is 18.3 Å². The van der Waals surface area contributed by atoms with E-state index in [2.05, 4.69) is 19.9 Å². The van der Waals surface area contributed by atoms with Crippen LogP contribution < -0.4 is 4.74 Å².